The number of aliphatic imine (C=N–C) groups is 1. The lowest BCUT2D eigenvalue weighted by Gasteiger charge is -2.14. The average molecular weight is 187 g/mol. The topological polar surface area (TPSA) is 12.4 Å². The maximum atomic E-state index is 4.51. The number of hydrogen-bond donors (Lipinski definition) is 0. The van der Waals surface area contributed by atoms with Gasteiger partial charge in [-0.1, -0.05) is 25.3 Å². The van der Waals surface area contributed by atoms with Gasteiger partial charge in [-0.3, -0.25) is 4.99 Å². The minimum absolute atomic E-state index is 0.837. The van der Waals surface area contributed by atoms with Crippen molar-refractivity contribution < 1.29 is 0 Å². The van der Waals surface area contributed by atoms with Crippen LogP contribution in [-0.4, -0.2) is 5.71 Å². The van der Waals surface area contributed by atoms with Gasteiger partial charge in [0.1, 0.15) is 0 Å². The van der Waals surface area contributed by atoms with E-state index in [-0.39, 0.29) is 0 Å². The first-order valence-corrected chi connectivity index (χ1v) is 4.77. The Bertz CT molecular complexity index is 361. The zero-order chi connectivity index (χ0) is 10.7. The van der Waals surface area contributed by atoms with Crippen LogP contribution in [0.4, 0.5) is 0 Å². The normalized spacial score (nSPS) is 15.8. The molecule has 14 heavy (non-hydrogen) atoms. The van der Waals surface area contributed by atoms with E-state index < -0.39 is 0 Å². The van der Waals surface area contributed by atoms with E-state index in [0.717, 1.165) is 34.5 Å². The third-order valence-corrected chi connectivity index (χ3v) is 2.01. The average Bonchev–Trinajstić information content (AvgIpc) is 2.01. The molecule has 1 rings (SSSR count). The first-order valence-electron chi connectivity index (χ1n) is 4.77. The monoisotopic (exact) mass is 187 g/mol. The van der Waals surface area contributed by atoms with Crippen LogP contribution in [0.25, 0.3) is 0 Å². The predicted molar refractivity (Wildman–Crippen MR) is 63.5 cm³/mol. The third kappa shape index (κ3) is 2.56. The smallest absolute Gasteiger partial charge is 0.0520 e. The van der Waals surface area contributed by atoms with E-state index in [4.69, 9.17) is 0 Å². The minimum atomic E-state index is 0.837. The van der Waals surface area contributed by atoms with Crippen LogP contribution in [0.5, 0.6) is 0 Å². The van der Waals surface area contributed by atoms with Crippen molar-refractivity contribution in [3.05, 3.63) is 47.7 Å². The van der Waals surface area contributed by atoms with Gasteiger partial charge >= 0.3 is 0 Å². The van der Waals surface area contributed by atoms with Crippen LogP contribution in [-0.2, 0) is 0 Å². The fraction of sp³-hybridized carbons (Fsp3) is 0.308. The standard InChI is InChI=1S/C13H17N/c1-9(2)12-7-6-11(5)8-13(12)14-10(3)4/h6-7H,1,5,8H2,2-4H3. The van der Waals surface area contributed by atoms with Crippen LogP contribution in [0.15, 0.2) is 52.7 Å². The molecule has 0 unspecified atom stereocenters. The lowest BCUT2D eigenvalue weighted by atomic mass is 9.96. The molecule has 1 nitrogen and oxygen atoms in total. The minimum Gasteiger partial charge on any atom is -0.262 e. The molecule has 0 aromatic rings. The molecule has 0 aromatic heterocycles. The molecule has 1 aliphatic rings. The van der Waals surface area contributed by atoms with Crippen molar-refractivity contribution in [2.75, 3.05) is 0 Å². The molecule has 1 aliphatic carbocycles. The maximum absolute atomic E-state index is 4.51. The molecular weight excluding hydrogens is 170 g/mol. The Morgan fingerprint density at radius 1 is 1.29 bits per heavy atom. The highest BCUT2D eigenvalue weighted by Crippen LogP contribution is 2.27. The fourth-order valence-electron chi connectivity index (χ4n) is 1.42. The summed E-state index contributed by atoms with van der Waals surface area (Å²) in [7, 11) is 0. The van der Waals surface area contributed by atoms with Crippen molar-refractivity contribution in [3.8, 4) is 0 Å². The summed E-state index contributed by atoms with van der Waals surface area (Å²) in [5, 5.41) is 0. The molecule has 0 spiro atoms. The summed E-state index contributed by atoms with van der Waals surface area (Å²) in [6, 6.07) is 0. The van der Waals surface area contributed by atoms with E-state index >= 15 is 0 Å². The van der Waals surface area contributed by atoms with Crippen molar-refractivity contribution in [2.24, 2.45) is 4.99 Å². The lowest BCUT2D eigenvalue weighted by molar-refractivity contribution is 1.07. The summed E-state index contributed by atoms with van der Waals surface area (Å²) in [4.78, 5) is 4.51. The van der Waals surface area contributed by atoms with E-state index in [2.05, 4.69) is 24.2 Å². The van der Waals surface area contributed by atoms with E-state index in [1.165, 1.54) is 0 Å². The van der Waals surface area contributed by atoms with Crippen molar-refractivity contribution in [1.82, 2.24) is 0 Å². The Morgan fingerprint density at radius 2 is 1.93 bits per heavy atom. The lowest BCUT2D eigenvalue weighted by Crippen LogP contribution is -1.97. The summed E-state index contributed by atoms with van der Waals surface area (Å²) < 4.78 is 0. The molecule has 0 saturated heterocycles. The highest BCUT2D eigenvalue weighted by Gasteiger charge is 2.09. The highest BCUT2D eigenvalue weighted by atomic mass is 14.8. The summed E-state index contributed by atoms with van der Waals surface area (Å²) >= 11 is 0. The molecule has 0 fully saturated rings. The van der Waals surface area contributed by atoms with E-state index in [1.54, 1.807) is 0 Å². The second kappa shape index (κ2) is 4.23. The molecule has 0 saturated carbocycles. The largest absolute Gasteiger partial charge is 0.262 e. The van der Waals surface area contributed by atoms with Crippen LogP contribution in [0, 0.1) is 0 Å². The third-order valence-electron chi connectivity index (χ3n) is 2.01. The summed E-state index contributed by atoms with van der Waals surface area (Å²) in [5.41, 5.74) is 5.48. The summed E-state index contributed by atoms with van der Waals surface area (Å²) in [6.45, 7) is 13.9. The Labute approximate surface area is 86.2 Å². The van der Waals surface area contributed by atoms with Gasteiger partial charge in [-0.25, -0.2) is 0 Å². The van der Waals surface area contributed by atoms with Crippen LogP contribution < -0.4 is 0 Å². The number of rotatable bonds is 2. The van der Waals surface area contributed by atoms with Crippen molar-refractivity contribution >= 4 is 5.71 Å². The molecule has 0 N–H and O–H groups in total. The fourth-order valence-corrected chi connectivity index (χ4v) is 1.42. The van der Waals surface area contributed by atoms with Gasteiger partial charge in [-0.15, -0.1) is 0 Å². The maximum Gasteiger partial charge on any atom is 0.0520 e. The molecule has 0 aliphatic heterocycles. The van der Waals surface area contributed by atoms with E-state index in [9.17, 15) is 0 Å². The Kier molecular flexibility index (Phi) is 3.23. The van der Waals surface area contributed by atoms with E-state index in [0.29, 0.717) is 0 Å². The molecule has 0 atom stereocenters. The van der Waals surface area contributed by atoms with Crippen molar-refractivity contribution in [2.45, 2.75) is 27.2 Å². The van der Waals surface area contributed by atoms with Gasteiger partial charge in [0, 0.05) is 12.1 Å². The molecule has 0 radical (unpaired) electrons. The van der Waals surface area contributed by atoms with Crippen LogP contribution in [0.2, 0.25) is 0 Å². The molecule has 74 valence electrons. The number of allylic oxidation sites excluding steroid dienone is 5. The molecule has 0 aromatic carbocycles. The summed E-state index contributed by atoms with van der Waals surface area (Å²) in [5.74, 6) is 0. The SMILES string of the molecule is C=C1C=CC(C(=C)C)=C(N=C(C)C)C1. The molecule has 0 amide bonds. The van der Waals surface area contributed by atoms with Gasteiger partial charge < -0.3 is 0 Å². The van der Waals surface area contributed by atoms with E-state index in [1.807, 2.05) is 26.8 Å². The predicted octanol–water partition coefficient (Wildman–Crippen LogP) is 3.81. The summed E-state index contributed by atoms with van der Waals surface area (Å²) in [6.07, 6.45) is 4.92. The molecule has 1 heteroatoms. The van der Waals surface area contributed by atoms with Gasteiger partial charge in [0.2, 0.25) is 0 Å². The first-order chi connectivity index (χ1) is 6.50. The number of nitrogens with zero attached hydrogens (tertiary/aromatic N) is 1. The molecule has 0 bridgehead atoms. The zero-order valence-corrected chi connectivity index (χ0v) is 9.22. The Hall–Kier alpha value is -1.37. The second-order valence-corrected chi connectivity index (χ2v) is 3.87. The van der Waals surface area contributed by atoms with Crippen LogP contribution in [0.1, 0.15) is 27.2 Å². The molecular formula is C13H17N. The first kappa shape index (κ1) is 10.7. The molecule has 0 heterocycles. The van der Waals surface area contributed by atoms with Crippen molar-refractivity contribution in [1.29, 1.82) is 0 Å². The second-order valence-electron chi connectivity index (χ2n) is 3.87. The van der Waals surface area contributed by atoms with Gasteiger partial charge in [-0.05, 0) is 37.5 Å². The Morgan fingerprint density at radius 3 is 2.43 bits per heavy atom. The zero-order valence-electron chi connectivity index (χ0n) is 9.22. The highest BCUT2D eigenvalue weighted by molar-refractivity contribution is 5.80. The number of hydrogen-bond acceptors (Lipinski definition) is 1. The quantitative estimate of drug-likeness (QED) is 0.583. The Balaban J connectivity index is 3.14. The van der Waals surface area contributed by atoms with Crippen LogP contribution in [0.3, 0.4) is 0 Å². The van der Waals surface area contributed by atoms with Gasteiger partial charge in [0.15, 0.2) is 0 Å². The van der Waals surface area contributed by atoms with Gasteiger partial charge in [0.05, 0.1) is 5.70 Å². The van der Waals surface area contributed by atoms with Gasteiger partial charge in [0.25, 0.3) is 0 Å². The van der Waals surface area contributed by atoms with Gasteiger partial charge in [-0.2, -0.15) is 0 Å². The van der Waals surface area contributed by atoms with Crippen LogP contribution >= 0.6 is 0 Å². The van der Waals surface area contributed by atoms with Crippen molar-refractivity contribution in [3.63, 3.8) is 0 Å².